The fraction of sp³-hybridized carbons (Fsp3) is 0.933. The third kappa shape index (κ3) is 4.46. The van der Waals surface area contributed by atoms with Crippen LogP contribution in [0.5, 0.6) is 0 Å². The largest absolute Gasteiger partial charge is 0.394 e. The van der Waals surface area contributed by atoms with E-state index in [9.17, 15) is 9.90 Å². The Morgan fingerprint density at radius 1 is 1.21 bits per heavy atom. The minimum atomic E-state index is -0.319. The van der Waals surface area contributed by atoms with Crippen LogP contribution >= 0.6 is 0 Å². The number of carbonyl (C=O) groups is 1. The van der Waals surface area contributed by atoms with Crippen molar-refractivity contribution in [2.24, 2.45) is 0 Å². The smallest absolute Gasteiger partial charge is 0.239 e. The van der Waals surface area contributed by atoms with E-state index in [0.717, 1.165) is 38.8 Å². The number of likely N-dealkylation sites (tertiary alicyclic amines) is 1. The van der Waals surface area contributed by atoms with Gasteiger partial charge in [-0.15, -0.1) is 0 Å². The van der Waals surface area contributed by atoms with Gasteiger partial charge in [-0.05, 0) is 32.6 Å². The molecule has 1 aliphatic rings. The second kappa shape index (κ2) is 7.85. The molecular weight excluding hydrogens is 240 g/mol. The van der Waals surface area contributed by atoms with Crippen molar-refractivity contribution in [3.05, 3.63) is 0 Å². The van der Waals surface area contributed by atoms with E-state index in [4.69, 9.17) is 0 Å². The van der Waals surface area contributed by atoms with Crippen molar-refractivity contribution in [2.75, 3.05) is 19.7 Å². The van der Waals surface area contributed by atoms with Crippen LogP contribution in [0.4, 0.5) is 0 Å². The Labute approximate surface area is 117 Å². The zero-order valence-corrected chi connectivity index (χ0v) is 12.7. The first kappa shape index (κ1) is 16.4. The van der Waals surface area contributed by atoms with E-state index in [1.165, 1.54) is 12.8 Å². The average Bonchev–Trinajstić information content (AvgIpc) is 2.73. The molecule has 0 radical (unpaired) electrons. The third-order valence-corrected chi connectivity index (χ3v) is 4.47. The predicted octanol–water partition coefficient (Wildman–Crippen LogP) is 1.92. The monoisotopic (exact) mass is 270 g/mol. The molecule has 112 valence electrons. The molecular formula is C15H30N2O2. The molecule has 4 heteroatoms. The van der Waals surface area contributed by atoms with E-state index in [0.29, 0.717) is 0 Å². The van der Waals surface area contributed by atoms with E-state index in [1.807, 2.05) is 11.8 Å². The maximum Gasteiger partial charge on any atom is 0.239 e. The van der Waals surface area contributed by atoms with Crippen LogP contribution in [-0.4, -0.2) is 47.2 Å². The first-order valence-electron chi connectivity index (χ1n) is 7.76. The van der Waals surface area contributed by atoms with Crippen LogP contribution in [0.25, 0.3) is 0 Å². The second-order valence-corrected chi connectivity index (χ2v) is 5.75. The third-order valence-electron chi connectivity index (χ3n) is 4.47. The lowest BCUT2D eigenvalue weighted by atomic mass is 9.92. The lowest BCUT2D eigenvalue weighted by Gasteiger charge is -2.35. The highest BCUT2D eigenvalue weighted by atomic mass is 16.3. The molecule has 19 heavy (non-hydrogen) atoms. The normalized spacial score (nSPS) is 19.1. The number of hydrogen-bond donors (Lipinski definition) is 2. The summed E-state index contributed by atoms with van der Waals surface area (Å²) in [5.74, 6) is 0.182. The quantitative estimate of drug-likeness (QED) is 0.775. The molecule has 4 nitrogen and oxygen atoms in total. The summed E-state index contributed by atoms with van der Waals surface area (Å²) in [6, 6.07) is -0.217. The van der Waals surface area contributed by atoms with Gasteiger partial charge in [-0.3, -0.25) is 10.1 Å². The summed E-state index contributed by atoms with van der Waals surface area (Å²) in [6.45, 7) is 7.87. The lowest BCUT2D eigenvalue weighted by Crippen LogP contribution is -2.56. The molecule has 0 aromatic carbocycles. The Bertz CT molecular complexity index is 261. The molecule has 0 aliphatic carbocycles. The highest BCUT2D eigenvalue weighted by molar-refractivity contribution is 5.81. The minimum absolute atomic E-state index is 0.0810. The van der Waals surface area contributed by atoms with Crippen molar-refractivity contribution in [3.63, 3.8) is 0 Å². The molecule has 1 amide bonds. The number of nitrogens with one attached hydrogen (secondary N) is 1. The van der Waals surface area contributed by atoms with E-state index in [2.05, 4.69) is 19.2 Å². The van der Waals surface area contributed by atoms with Gasteiger partial charge in [0.05, 0.1) is 12.6 Å². The van der Waals surface area contributed by atoms with Crippen molar-refractivity contribution in [2.45, 2.75) is 70.9 Å². The number of nitrogens with zero attached hydrogens (tertiary/aromatic N) is 1. The fourth-order valence-corrected chi connectivity index (χ4v) is 2.81. The molecule has 0 bridgehead atoms. The average molecular weight is 270 g/mol. The summed E-state index contributed by atoms with van der Waals surface area (Å²) in [6.07, 6.45) is 6.36. The first-order valence-corrected chi connectivity index (χ1v) is 7.76. The molecule has 1 saturated heterocycles. The van der Waals surface area contributed by atoms with Crippen LogP contribution in [0.1, 0.15) is 59.3 Å². The van der Waals surface area contributed by atoms with E-state index < -0.39 is 0 Å². The predicted molar refractivity (Wildman–Crippen MR) is 78.0 cm³/mol. The summed E-state index contributed by atoms with van der Waals surface area (Å²) in [7, 11) is 0. The van der Waals surface area contributed by atoms with Gasteiger partial charge in [-0.1, -0.05) is 26.7 Å². The molecule has 1 unspecified atom stereocenters. The van der Waals surface area contributed by atoms with Gasteiger partial charge in [0.1, 0.15) is 0 Å². The molecule has 0 aromatic rings. The Hall–Kier alpha value is -0.610. The molecule has 1 aliphatic heterocycles. The molecule has 0 aromatic heterocycles. The van der Waals surface area contributed by atoms with Crippen LogP contribution in [0.2, 0.25) is 0 Å². The van der Waals surface area contributed by atoms with Gasteiger partial charge < -0.3 is 10.0 Å². The first-order chi connectivity index (χ1) is 9.08. The number of amides is 1. The maximum atomic E-state index is 12.5. The van der Waals surface area contributed by atoms with Gasteiger partial charge in [-0.2, -0.15) is 0 Å². The lowest BCUT2D eigenvalue weighted by molar-refractivity contribution is -0.133. The highest BCUT2D eigenvalue weighted by Crippen LogP contribution is 2.17. The fourth-order valence-electron chi connectivity index (χ4n) is 2.81. The van der Waals surface area contributed by atoms with Crippen LogP contribution in [-0.2, 0) is 4.79 Å². The van der Waals surface area contributed by atoms with Crippen molar-refractivity contribution in [3.8, 4) is 0 Å². The Morgan fingerprint density at radius 2 is 1.74 bits per heavy atom. The zero-order valence-electron chi connectivity index (χ0n) is 12.7. The number of carbonyl (C=O) groups excluding carboxylic acids is 1. The van der Waals surface area contributed by atoms with Gasteiger partial charge in [-0.25, -0.2) is 0 Å². The molecule has 0 spiro atoms. The van der Waals surface area contributed by atoms with Crippen LogP contribution < -0.4 is 5.32 Å². The number of rotatable bonds is 6. The van der Waals surface area contributed by atoms with E-state index in [-0.39, 0.29) is 24.1 Å². The SMILES string of the molecule is CCC(CC)(CO)NC(C)C(=O)N1CCCCCC1. The van der Waals surface area contributed by atoms with Gasteiger partial charge in [0.15, 0.2) is 0 Å². The van der Waals surface area contributed by atoms with E-state index >= 15 is 0 Å². The van der Waals surface area contributed by atoms with Gasteiger partial charge in [0, 0.05) is 18.6 Å². The van der Waals surface area contributed by atoms with E-state index in [1.54, 1.807) is 0 Å². The Morgan fingerprint density at radius 3 is 2.16 bits per heavy atom. The number of aliphatic hydroxyl groups is 1. The van der Waals surface area contributed by atoms with Crippen molar-refractivity contribution in [1.82, 2.24) is 10.2 Å². The molecule has 1 rings (SSSR count). The molecule has 1 fully saturated rings. The summed E-state index contributed by atoms with van der Waals surface area (Å²) >= 11 is 0. The van der Waals surface area contributed by atoms with Crippen LogP contribution in [0.3, 0.4) is 0 Å². The second-order valence-electron chi connectivity index (χ2n) is 5.75. The maximum absolute atomic E-state index is 12.5. The molecule has 2 N–H and O–H groups in total. The van der Waals surface area contributed by atoms with Crippen molar-refractivity contribution >= 4 is 5.91 Å². The molecule has 1 atom stereocenters. The van der Waals surface area contributed by atoms with Crippen molar-refractivity contribution in [1.29, 1.82) is 0 Å². The van der Waals surface area contributed by atoms with Gasteiger partial charge >= 0.3 is 0 Å². The molecule has 0 saturated carbocycles. The summed E-state index contributed by atoms with van der Waals surface area (Å²) in [4.78, 5) is 14.4. The number of hydrogen-bond acceptors (Lipinski definition) is 3. The Balaban J connectivity index is 2.60. The number of aliphatic hydroxyl groups excluding tert-OH is 1. The summed E-state index contributed by atoms with van der Waals surface area (Å²) < 4.78 is 0. The summed E-state index contributed by atoms with van der Waals surface area (Å²) in [5.41, 5.74) is -0.319. The Kier molecular flexibility index (Phi) is 6.80. The zero-order chi connectivity index (χ0) is 14.3. The van der Waals surface area contributed by atoms with Crippen LogP contribution in [0.15, 0.2) is 0 Å². The standard InChI is InChI=1S/C15H30N2O2/c1-4-15(5-2,12-18)16-13(3)14(19)17-10-8-6-7-9-11-17/h13,16,18H,4-12H2,1-3H3. The highest BCUT2D eigenvalue weighted by Gasteiger charge is 2.30. The summed E-state index contributed by atoms with van der Waals surface area (Å²) in [5, 5.41) is 12.9. The van der Waals surface area contributed by atoms with Gasteiger partial charge in [0.25, 0.3) is 0 Å². The van der Waals surface area contributed by atoms with Crippen LogP contribution in [0, 0.1) is 0 Å². The topological polar surface area (TPSA) is 52.6 Å². The minimum Gasteiger partial charge on any atom is -0.394 e. The molecule has 1 heterocycles. The van der Waals surface area contributed by atoms with Crippen molar-refractivity contribution < 1.29 is 9.90 Å². The van der Waals surface area contributed by atoms with Gasteiger partial charge in [0.2, 0.25) is 5.91 Å².